The topological polar surface area (TPSA) is 72.7 Å². The largest absolute Gasteiger partial charge is 0.466 e. The first-order chi connectivity index (χ1) is 19.8. The molecule has 2 heterocycles. The van der Waals surface area contributed by atoms with Gasteiger partial charge in [0.05, 0.1) is 12.5 Å². The SMILES string of the molecule is CCOC(=O)C(C)C.Cc1cccc(Cl)c1CNC(=O)c1cn2cc(-c3ccc(C4CCCCC4)cc3)ccc2n1. The van der Waals surface area contributed by atoms with Crippen LogP contribution in [0.5, 0.6) is 0 Å². The van der Waals surface area contributed by atoms with Crippen LogP contribution >= 0.6 is 11.6 Å². The Bertz CT molecular complexity index is 1450. The van der Waals surface area contributed by atoms with E-state index in [1.165, 1.54) is 43.2 Å². The predicted octanol–water partition coefficient (Wildman–Crippen LogP) is 8.15. The minimum Gasteiger partial charge on any atom is -0.466 e. The first-order valence-corrected chi connectivity index (χ1v) is 14.9. The van der Waals surface area contributed by atoms with Gasteiger partial charge in [0.2, 0.25) is 0 Å². The van der Waals surface area contributed by atoms with Gasteiger partial charge in [-0.25, -0.2) is 4.98 Å². The van der Waals surface area contributed by atoms with Gasteiger partial charge in [0, 0.05) is 24.0 Å². The van der Waals surface area contributed by atoms with E-state index in [1.807, 2.05) is 55.6 Å². The van der Waals surface area contributed by atoms with Crippen LogP contribution in [0.25, 0.3) is 16.8 Å². The highest BCUT2D eigenvalue weighted by molar-refractivity contribution is 6.31. The number of hydrogen-bond donors (Lipinski definition) is 1. The molecule has 0 spiro atoms. The average molecular weight is 574 g/mol. The van der Waals surface area contributed by atoms with Gasteiger partial charge >= 0.3 is 5.97 Å². The van der Waals surface area contributed by atoms with E-state index in [4.69, 9.17) is 11.6 Å². The van der Waals surface area contributed by atoms with Gasteiger partial charge in [0.25, 0.3) is 5.91 Å². The summed E-state index contributed by atoms with van der Waals surface area (Å²) in [4.78, 5) is 27.7. The number of halogens is 1. The van der Waals surface area contributed by atoms with Crippen molar-refractivity contribution in [2.24, 2.45) is 5.92 Å². The molecule has 2 aromatic heterocycles. The van der Waals surface area contributed by atoms with Crippen molar-refractivity contribution in [3.05, 3.63) is 94.4 Å². The number of hydrogen-bond acceptors (Lipinski definition) is 4. The smallest absolute Gasteiger partial charge is 0.308 e. The van der Waals surface area contributed by atoms with Crippen LogP contribution in [0, 0.1) is 12.8 Å². The average Bonchev–Trinajstić information content (AvgIpc) is 3.42. The second-order valence-electron chi connectivity index (χ2n) is 10.9. The molecule has 6 nitrogen and oxygen atoms in total. The number of nitrogens with zero attached hydrogens (tertiary/aromatic N) is 2. The number of carbonyl (C=O) groups is 2. The maximum Gasteiger partial charge on any atom is 0.308 e. The summed E-state index contributed by atoms with van der Waals surface area (Å²) in [5.41, 5.74) is 6.85. The number of carbonyl (C=O) groups excluding carboxylic acids is 2. The van der Waals surface area contributed by atoms with Gasteiger partial charge in [0.15, 0.2) is 0 Å². The number of nitrogens with one attached hydrogen (secondary N) is 1. The minimum atomic E-state index is -0.212. The maximum atomic E-state index is 12.7. The van der Waals surface area contributed by atoms with Crippen LogP contribution in [0.4, 0.5) is 0 Å². The molecule has 0 atom stereocenters. The van der Waals surface area contributed by atoms with Gasteiger partial charge in [-0.3, -0.25) is 9.59 Å². The van der Waals surface area contributed by atoms with Crippen LogP contribution in [0.15, 0.2) is 67.0 Å². The molecule has 0 radical (unpaired) electrons. The number of rotatable bonds is 7. The number of aromatic nitrogens is 2. The van der Waals surface area contributed by atoms with Gasteiger partial charge in [-0.2, -0.15) is 0 Å². The van der Waals surface area contributed by atoms with Crippen LogP contribution in [0.2, 0.25) is 5.02 Å². The second-order valence-corrected chi connectivity index (χ2v) is 11.3. The summed E-state index contributed by atoms with van der Waals surface area (Å²) in [7, 11) is 0. The molecule has 1 saturated carbocycles. The molecule has 1 N–H and O–H groups in total. The van der Waals surface area contributed by atoms with Crippen molar-refractivity contribution < 1.29 is 14.3 Å². The fourth-order valence-corrected chi connectivity index (χ4v) is 5.40. The highest BCUT2D eigenvalue weighted by Gasteiger charge is 2.16. The molecule has 1 aliphatic carbocycles. The van der Waals surface area contributed by atoms with E-state index in [2.05, 4.69) is 45.4 Å². The van der Waals surface area contributed by atoms with Crippen molar-refractivity contribution in [2.75, 3.05) is 6.61 Å². The minimum absolute atomic E-state index is 0.00921. The standard InChI is InChI=1S/C28H28ClN3O.C6H12O2/c1-19-6-5-9-25(29)24(19)16-30-28(33)26-18-32-17-23(14-15-27(32)31-26)22-12-10-21(11-13-22)20-7-3-2-4-8-20;1-4-8-6(7)5(2)3/h5-6,9-15,17-18,20H,2-4,7-8,16H2,1H3,(H,30,33);5H,4H2,1-3H3. The second kappa shape index (κ2) is 14.3. The lowest BCUT2D eigenvalue weighted by Crippen LogP contribution is -2.23. The van der Waals surface area contributed by atoms with E-state index < -0.39 is 0 Å². The van der Waals surface area contributed by atoms with Crippen LogP contribution in [-0.2, 0) is 16.1 Å². The number of benzene rings is 2. The molecule has 4 aromatic rings. The number of aryl methyl sites for hydroxylation is 1. The molecule has 0 bridgehead atoms. The number of amides is 1. The fraction of sp³-hybridized carbons (Fsp3) is 0.382. The zero-order valence-electron chi connectivity index (χ0n) is 24.5. The quantitative estimate of drug-likeness (QED) is 0.226. The molecule has 2 aromatic carbocycles. The Morgan fingerprint density at radius 1 is 1.00 bits per heavy atom. The molecule has 5 rings (SSSR count). The van der Waals surface area contributed by atoms with E-state index in [1.54, 1.807) is 13.1 Å². The summed E-state index contributed by atoms with van der Waals surface area (Å²) in [6.45, 7) is 8.28. The third kappa shape index (κ3) is 7.98. The van der Waals surface area contributed by atoms with E-state index in [0.29, 0.717) is 29.8 Å². The Hall–Kier alpha value is -3.64. The van der Waals surface area contributed by atoms with Crippen molar-refractivity contribution >= 4 is 29.1 Å². The van der Waals surface area contributed by atoms with Crippen molar-refractivity contribution in [3.63, 3.8) is 0 Å². The summed E-state index contributed by atoms with van der Waals surface area (Å²) in [6.07, 6.45) is 10.5. The highest BCUT2D eigenvalue weighted by atomic mass is 35.5. The Morgan fingerprint density at radius 2 is 1.71 bits per heavy atom. The molecule has 0 aliphatic heterocycles. The Morgan fingerprint density at radius 3 is 2.34 bits per heavy atom. The monoisotopic (exact) mass is 573 g/mol. The molecular weight excluding hydrogens is 534 g/mol. The van der Waals surface area contributed by atoms with E-state index >= 15 is 0 Å². The zero-order valence-corrected chi connectivity index (χ0v) is 25.2. The molecule has 0 saturated heterocycles. The summed E-state index contributed by atoms with van der Waals surface area (Å²) in [5.74, 6) is 0.387. The van der Waals surface area contributed by atoms with Gasteiger partial charge in [-0.1, -0.05) is 81.1 Å². The Labute approximate surface area is 248 Å². The van der Waals surface area contributed by atoms with Crippen LogP contribution in [0.1, 0.15) is 86.0 Å². The van der Waals surface area contributed by atoms with Gasteiger partial charge in [0.1, 0.15) is 11.3 Å². The first-order valence-electron chi connectivity index (χ1n) is 14.5. The number of ether oxygens (including phenoxy) is 1. The lowest BCUT2D eigenvalue weighted by Gasteiger charge is -2.22. The number of imidazole rings is 1. The molecule has 41 heavy (non-hydrogen) atoms. The maximum absolute atomic E-state index is 12.7. The highest BCUT2D eigenvalue weighted by Crippen LogP contribution is 2.33. The lowest BCUT2D eigenvalue weighted by atomic mass is 9.84. The van der Waals surface area contributed by atoms with E-state index in [-0.39, 0.29) is 17.8 Å². The molecule has 0 unspecified atom stereocenters. The van der Waals surface area contributed by atoms with Crippen molar-refractivity contribution in [1.82, 2.24) is 14.7 Å². The number of pyridine rings is 1. The number of fused-ring (bicyclic) bond motifs is 1. The molecule has 7 heteroatoms. The van der Waals surface area contributed by atoms with Gasteiger partial charge < -0.3 is 14.5 Å². The summed E-state index contributed by atoms with van der Waals surface area (Å²) < 4.78 is 6.58. The molecule has 1 amide bonds. The third-order valence-electron chi connectivity index (χ3n) is 7.54. The zero-order chi connectivity index (χ0) is 29.4. The molecular formula is C34H40ClN3O3. The van der Waals surface area contributed by atoms with Crippen molar-refractivity contribution in [3.8, 4) is 11.1 Å². The van der Waals surface area contributed by atoms with Crippen LogP contribution in [0.3, 0.4) is 0 Å². The Balaban J connectivity index is 0.000000426. The normalized spacial score (nSPS) is 13.5. The molecule has 216 valence electrons. The first kappa shape index (κ1) is 30.3. The van der Waals surface area contributed by atoms with Crippen LogP contribution < -0.4 is 5.32 Å². The Kier molecular flexibility index (Phi) is 10.6. The fourth-order valence-electron chi connectivity index (χ4n) is 5.11. The number of esters is 1. The predicted molar refractivity (Wildman–Crippen MR) is 165 cm³/mol. The molecule has 1 aliphatic rings. The van der Waals surface area contributed by atoms with Crippen molar-refractivity contribution in [1.29, 1.82) is 0 Å². The lowest BCUT2D eigenvalue weighted by molar-refractivity contribution is -0.146. The summed E-state index contributed by atoms with van der Waals surface area (Å²) in [6, 6.07) is 18.7. The third-order valence-corrected chi connectivity index (χ3v) is 7.90. The summed E-state index contributed by atoms with van der Waals surface area (Å²) in [5, 5.41) is 3.60. The van der Waals surface area contributed by atoms with Crippen molar-refractivity contribution in [2.45, 2.75) is 72.3 Å². The molecule has 1 fully saturated rings. The van der Waals surface area contributed by atoms with E-state index in [9.17, 15) is 9.59 Å². The van der Waals surface area contributed by atoms with E-state index in [0.717, 1.165) is 22.3 Å². The summed E-state index contributed by atoms with van der Waals surface area (Å²) >= 11 is 6.28. The van der Waals surface area contributed by atoms with Gasteiger partial charge in [-0.05, 0) is 78.6 Å². The van der Waals surface area contributed by atoms with Gasteiger partial charge in [-0.15, -0.1) is 0 Å². The van der Waals surface area contributed by atoms with Crippen LogP contribution in [-0.4, -0.2) is 27.9 Å².